The van der Waals surface area contributed by atoms with Gasteiger partial charge in [-0.3, -0.25) is 10.2 Å². The Labute approximate surface area is 121 Å². The summed E-state index contributed by atoms with van der Waals surface area (Å²) < 4.78 is 5.25. The molecule has 0 aromatic rings. The number of carbonyl (C=O) groups excluding carboxylic acids is 1. The Kier molecular flexibility index (Phi) is 4.58. The minimum absolute atomic E-state index is 0.0469. The molecule has 1 aliphatic heterocycles. The molecule has 0 radical (unpaired) electrons. The number of carbonyl (C=O) groups is 1. The third-order valence-electron chi connectivity index (χ3n) is 4.37. The number of nitrogens with zero attached hydrogens (tertiary/aromatic N) is 1. The maximum Gasteiger partial charge on any atom is 0.163 e. The highest BCUT2D eigenvalue weighted by molar-refractivity contribution is 7.75. The standard InChI is InChI=1S/C14H24N2O2S/c1-10(2)13-11(17)8-14(9-12(13)18-19)4-6-15-16(3)7-5-14/h10,15,19H,4-9H2,1-3H3. The van der Waals surface area contributed by atoms with Crippen molar-refractivity contribution in [2.24, 2.45) is 11.3 Å². The van der Waals surface area contributed by atoms with E-state index in [1.54, 1.807) is 0 Å². The summed E-state index contributed by atoms with van der Waals surface area (Å²) in [6.07, 6.45) is 3.52. The van der Waals surface area contributed by atoms with E-state index in [-0.39, 0.29) is 17.1 Å². The van der Waals surface area contributed by atoms with Crippen molar-refractivity contribution in [3.63, 3.8) is 0 Å². The molecule has 1 saturated heterocycles. The highest BCUT2D eigenvalue weighted by Gasteiger charge is 2.41. The van der Waals surface area contributed by atoms with Gasteiger partial charge in [0.2, 0.25) is 0 Å². The predicted molar refractivity (Wildman–Crippen MR) is 78.5 cm³/mol. The zero-order valence-corrected chi connectivity index (χ0v) is 12.9. The molecule has 19 heavy (non-hydrogen) atoms. The molecule has 1 atom stereocenters. The summed E-state index contributed by atoms with van der Waals surface area (Å²) in [7, 11) is 2.05. The lowest BCUT2D eigenvalue weighted by Crippen LogP contribution is -2.34. The van der Waals surface area contributed by atoms with E-state index in [0.717, 1.165) is 43.7 Å². The average molecular weight is 284 g/mol. The lowest BCUT2D eigenvalue weighted by Gasteiger charge is -2.37. The summed E-state index contributed by atoms with van der Waals surface area (Å²) in [5.41, 5.74) is 4.23. The van der Waals surface area contributed by atoms with Gasteiger partial charge in [0.05, 0.1) is 0 Å². The molecule has 0 saturated carbocycles. The predicted octanol–water partition coefficient (Wildman–Crippen LogP) is 2.34. The van der Waals surface area contributed by atoms with E-state index in [1.807, 2.05) is 13.8 Å². The Balaban J connectivity index is 2.26. The Morgan fingerprint density at radius 3 is 2.74 bits per heavy atom. The summed E-state index contributed by atoms with van der Waals surface area (Å²) in [6.45, 7) is 5.96. The van der Waals surface area contributed by atoms with Crippen LogP contribution in [0.4, 0.5) is 0 Å². The van der Waals surface area contributed by atoms with Gasteiger partial charge in [-0.15, -0.1) is 0 Å². The van der Waals surface area contributed by atoms with Crippen LogP contribution >= 0.6 is 12.9 Å². The number of hydrogen-bond donors (Lipinski definition) is 2. The molecule has 0 aromatic carbocycles. The van der Waals surface area contributed by atoms with Crippen LogP contribution in [-0.2, 0) is 8.98 Å². The largest absolute Gasteiger partial charge is 0.433 e. The molecule has 5 heteroatoms. The van der Waals surface area contributed by atoms with Crippen LogP contribution in [0.5, 0.6) is 0 Å². The summed E-state index contributed by atoms with van der Waals surface area (Å²) >= 11 is 3.97. The molecule has 0 bridgehead atoms. The highest BCUT2D eigenvalue weighted by atomic mass is 32.1. The van der Waals surface area contributed by atoms with Crippen LogP contribution in [0.15, 0.2) is 11.3 Å². The summed E-state index contributed by atoms with van der Waals surface area (Å²) in [6, 6.07) is 0. The van der Waals surface area contributed by atoms with Crippen molar-refractivity contribution in [1.82, 2.24) is 10.4 Å². The van der Waals surface area contributed by atoms with E-state index in [9.17, 15) is 4.79 Å². The number of Topliss-reactive ketones (excluding diaryl/α,β-unsaturated/α-hetero) is 1. The normalized spacial score (nSPS) is 30.1. The maximum atomic E-state index is 12.5. The molecule has 0 amide bonds. The van der Waals surface area contributed by atoms with E-state index < -0.39 is 0 Å². The van der Waals surface area contributed by atoms with Crippen molar-refractivity contribution in [2.75, 3.05) is 20.1 Å². The van der Waals surface area contributed by atoms with E-state index in [2.05, 4.69) is 30.4 Å². The number of allylic oxidation sites excluding steroid dienone is 2. The van der Waals surface area contributed by atoms with Gasteiger partial charge in [-0.05, 0) is 24.2 Å². The summed E-state index contributed by atoms with van der Waals surface area (Å²) in [4.78, 5) is 12.5. The van der Waals surface area contributed by atoms with Gasteiger partial charge in [-0.2, -0.15) is 0 Å². The Bertz CT molecular complexity index is 395. The Morgan fingerprint density at radius 2 is 2.11 bits per heavy atom. The first-order valence-electron chi connectivity index (χ1n) is 7.00. The van der Waals surface area contributed by atoms with E-state index in [0.29, 0.717) is 6.42 Å². The van der Waals surface area contributed by atoms with Crippen molar-refractivity contribution < 1.29 is 8.98 Å². The first-order valence-corrected chi connectivity index (χ1v) is 7.36. The molecule has 1 unspecified atom stereocenters. The smallest absolute Gasteiger partial charge is 0.163 e. The fourth-order valence-corrected chi connectivity index (χ4v) is 3.45. The van der Waals surface area contributed by atoms with Crippen LogP contribution < -0.4 is 5.43 Å². The molecule has 1 fully saturated rings. The van der Waals surface area contributed by atoms with Crippen LogP contribution in [0, 0.1) is 11.3 Å². The lowest BCUT2D eigenvalue weighted by molar-refractivity contribution is -0.119. The van der Waals surface area contributed by atoms with Crippen molar-refractivity contribution in [3.8, 4) is 0 Å². The number of hydrazine groups is 1. The van der Waals surface area contributed by atoms with Gasteiger partial charge in [0.1, 0.15) is 5.76 Å². The molecular formula is C14H24N2O2S. The van der Waals surface area contributed by atoms with Gasteiger partial charge < -0.3 is 4.18 Å². The van der Waals surface area contributed by atoms with E-state index >= 15 is 0 Å². The van der Waals surface area contributed by atoms with Gasteiger partial charge in [0.15, 0.2) is 5.78 Å². The summed E-state index contributed by atoms with van der Waals surface area (Å²) in [5, 5.41) is 2.11. The SMILES string of the molecule is CC(C)C1=C(OS)CC2(CCNN(C)CC2)CC1=O. The highest BCUT2D eigenvalue weighted by Crippen LogP contribution is 2.45. The van der Waals surface area contributed by atoms with Gasteiger partial charge in [0, 0.05) is 51.5 Å². The Hall–Kier alpha value is -0.520. The van der Waals surface area contributed by atoms with E-state index in [4.69, 9.17) is 4.18 Å². The van der Waals surface area contributed by atoms with Crippen molar-refractivity contribution >= 4 is 18.7 Å². The number of ketones is 1. The molecule has 0 aromatic heterocycles. The van der Waals surface area contributed by atoms with Crippen LogP contribution in [0.2, 0.25) is 0 Å². The minimum atomic E-state index is 0.0469. The molecule has 4 nitrogen and oxygen atoms in total. The quantitative estimate of drug-likeness (QED) is 0.603. The zero-order valence-electron chi connectivity index (χ0n) is 12.0. The first kappa shape index (κ1) is 14.9. The molecule has 1 heterocycles. The van der Waals surface area contributed by atoms with Crippen molar-refractivity contribution in [1.29, 1.82) is 0 Å². The third kappa shape index (κ3) is 3.15. The molecule has 1 aliphatic carbocycles. The monoisotopic (exact) mass is 284 g/mol. The zero-order chi connectivity index (χ0) is 14.0. The molecule has 2 aliphatic rings. The van der Waals surface area contributed by atoms with Gasteiger partial charge in [-0.25, -0.2) is 5.01 Å². The minimum Gasteiger partial charge on any atom is -0.433 e. The van der Waals surface area contributed by atoms with Gasteiger partial charge in [0.25, 0.3) is 0 Å². The topological polar surface area (TPSA) is 41.6 Å². The number of hydrogen-bond acceptors (Lipinski definition) is 5. The lowest BCUT2D eigenvalue weighted by atomic mass is 9.68. The molecule has 108 valence electrons. The van der Waals surface area contributed by atoms with Gasteiger partial charge in [-0.1, -0.05) is 13.8 Å². The third-order valence-corrected chi connectivity index (χ3v) is 4.59. The van der Waals surface area contributed by atoms with Crippen LogP contribution in [-0.4, -0.2) is 30.9 Å². The molecule has 1 spiro atoms. The van der Waals surface area contributed by atoms with Crippen LogP contribution in [0.3, 0.4) is 0 Å². The molecular weight excluding hydrogens is 260 g/mol. The second kappa shape index (κ2) is 5.85. The first-order chi connectivity index (χ1) is 8.97. The second-order valence-electron chi connectivity index (χ2n) is 6.19. The fourth-order valence-electron chi connectivity index (χ4n) is 3.29. The van der Waals surface area contributed by atoms with Crippen molar-refractivity contribution in [3.05, 3.63) is 11.3 Å². The number of nitrogens with one attached hydrogen (secondary N) is 1. The molecule has 2 rings (SSSR count). The number of rotatable bonds is 2. The molecule has 1 N–H and O–H groups in total. The fraction of sp³-hybridized carbons (Fsp3) is 0.786. The second-order valence-corrected chi connectivity index (χ2v) is 6.37. The van der Waals surface area contributed by atoms with Crippen molar-refractivity contribution in [2.45, 2.75) is 39.5 Å². The average Bonchev–Trinajstić information content (AvgIpc) is 2.51. The maximum absolute atomic E-state index is 12.5. The Morgan fingerprint density at radius 1 is 1.37 bits per heavy atom. The van der Waals surface area contributed by atoms with Crippen LogP contribution in [0.1, 0.15) is 39.5 Å². The van der Waals surface area contributed by atoms with Gasteiger partial charge >= 0.3 is 0 Å². The number of thiol groups is 1. The summed E-state index contributed by atoms with van der Waals surface area (Å²) in [5.74, 6) is 1.24. The van der Waals surface area contributed by atoms with E-state index in [1.165, 1.54) is 0 Å². The van der Waals surface area contributed by atoms with Crippen LogP contribution in [0.25, 0.3) is 0 Å².